The molecule has 1 fully saturated rings. The van der Waals surface area contributed by atoms with Gasteiger partial charge in [0.25, 0.3) is 0 Å². The quantitative estimate of drug-likeness (QED) is 0.442. The SMILES string of the molecule is O=C(N/N=C\c1ccc(Cl)cc1Cl)[C@H]1CC1(c1ccccc1)c1ccccc1. The van der Waals surface area contributed by atoms with Crippen LogP contribution in [0.2, 0.25) is 10.0 Å². The lowest BCUT2D eigenvalue weighted by atomic mass is 9.85. The predicted octanol–water partition coefficient (Wildman–Crippen LogP) is 5.45. The first-order valence-corrected chi connectivity index (χ1v) is 9.76. The maximum Gasteiger partial charge on any atom is 0.244 e. The van der Waals surface area contributed by atoms with Crippen molar-refractivity contribution in [3.05, 3.63) is 106 Å². The molecule has 140 valence electrons. The van der Waals surface area contributed by atoms with E-state index in [0.717, 1.165) is 17.5 Å². The first-order valence-electron chi connectivity index (χ1n) is 9.00. The minimum Gasteiger partial charge on any atom is -0.273 e. The molecule has 0 bridgehead atoms. The van der Waals surface area contributed by atoms with E-state index in [0.29, 0.717) is 15.6 Å². The molecular formula is C23H18Cl2N2O. The summed E-state index contributed by atoms with van der Waals surface area (Å²) in [5.74, 6) is -0.274. The Balaban J connectivity index is 1.54. The summed E-state index contributed by atoms with van der Waals surface area (Å²) < 4.78 is 0. The van der Waals surface area contributed by atoms with E-state index in [-0.39, 0.29) is 17.2 Å². The zero-order chi connectivity index (χ0) is 19.6. The number of benzene rings is 3. The van der Waals surface area contributed by atoms with Crippen LogP contribution in [0.4, 0.5) is 0 Å². The second-order valence-corrected chi connectivity index (χ2v) is 7.70. The number of hydrogen-bond donors (Lipinski definition) is 1. The molecule has 0 radical (unpaired) electrons. The van der Waals surface area contributed by atoms with E-state index in [4.69, 9.17) is 23.2 Å². The fraction of sp³-hybridized carbons (Fsp3) is 0.130. The van der Waals surface area contributed by atoms with Crippen LogP contribution in [-0.4, -0.2) is 12.1 Å². The lowest BCUT2D eigenvalue weighted by Gasteiger charge is -2.18. The van der Waals surface area contributed by atoms with Gasteiger partial charge in [-0.2, -0.15) is 5.10 Å². The van der Waals surface area contributed by atoms with E-state index in [1.807, 2.05) is 36.4 Å². The van der Waals surface area contributed by atoms with E-state index in [1.165, 1.54) is 6.21 Å². The minimum absolute atomic E-state index is 0.103. The molecule has 0 aliphatic heterocycles. The van der Waals surface area contributed by atoms with Gasteiger partial charge < -0.3 is 0 Å². The summed E-state index contributed by atoms with van der Waals surface area (Å²) in [5.41, 5.74) is 5.35. The van der Waals surface area contributed by atoms with Crippen molar-refractivity contribution in [1.82, 2.24) is 5.43 Å². The van der Waals surface area contributed by atoms with Gasteiger partial charge in [-0.05, 0) is 29.7 Å². The molecule has 0 unspecified atom stereocenters. The molecule has 3 aromatic carbocycles. The fourth-order valence-corrected chi connectivity index (χ4v) is 4.16. The number of carbonyl (C=O) groups excluding carboxylic acids is 1. The molecule has 0 spiro atoms. The smallest absolute Gasteiger partial charge is 0.244 e. The highest BCUT2D eigenvalue weighted by atomic mass is 35.5. The Labute approximate surface area is 174 Å². The third kappa shape index (κ3) is 3.56. The fourth-order valence-electron chi connectivity index (χ4n) is 3.70. The molecule has 0 heterocycles. The number of hydrazone groups is 1. The largest absolute Gasteiger partial charge is 0.273 e. The molecule has 28 heavy (non-hydrogen) atoms. The molecule has 3 nitrogen and oxygen atoms in total. The highest BCUT2D eigenvalue weighted by Crippen LogP contribution is 2.58. The van der Waals surface area contributed by atoms with Crippen molar-refractivity contribution >= 4 is 35.3 Å². The third-order valence-electron chi connectivity index (χ3n) is 5.20. The Morgan fingerprint density at radius 1 is 0.964 bits per heavy atom. The molecule has 5 heteroatoms. The van der Waals surface area contributed by atoms with Gasteiger partial charge in [0.1, 0.15) is 0 Å². The van der Waals surface area contributed by atoms with Gasteiger partial charge in [0.05, 0.1) is 17.2 Å². The Morgan fingerprint density at radius 2 is 1.57 bits per heavy atom. The molecule has 1 aliphatic carbocycles. The lowest BCUT2D eigenvalue weighted by Crippen LogP contribution is -2.25. The Morgan fingerprint density at radius 3 is 2.14 bits per heavy atom. The van der Waals surface area contributed by atoms with Gasteiger partial charge in [-0.15, -0.1) is 0 Å². The summed E-state index contributed by atoms with van der Waals surface area (Å²) in [6.07, 6.45) is 2.29. The molecular weight excluding hydrogens is 391 g/mol. The lowest BCUT2D eigenvalue weighted by molar-refractivity contribution is -0.122. The van der Waals surface area contributed by atoms with E-state index in [1.54, 1.807) is 18.2 Å². The van der Waals surface area contributed by atoms with Gasteiger partial charge in [0, 0.05) is 16.0 Å². The van der Waals surface area contributed by atoms with E-state index >= 15 is 0 Å². The summed E-state index contributed by atoms with van der Waals surface area (Å²) in [7, 11) is 0. The Hall–Kier alpha value is -2.62. The molecule has 1 aliphatic rings. The summed E-state index contributed by atoms with van der Waals surface area (Å²) in [5, 5.41) is 5.14. The third-order valence-corrected chi connectivity index (χ3v) is 5.76. The normalized spacial score (nSPS) is 17.4. The van der Waals surface area contributed by atoms with Gasteiger partial charge in [-0.25, -0.2) is 5.43 Å². The van der Waals surface area contributed by atoms with Crippen molar-refractivity contribution in [2.24, 2.45) is 11.0 Å². The van der Waals surface area contributed by atoms with E-state index in [9.17, 15) is 4.79 Å². The first kappa shape index (κ1) is 18.7. The van der Waals surface area contributed by atoms with Gasteiger partial charge in [-0.1, -0.05) is 89.9 Å². The van der Waals surface area contributed by atoms with E-state index < -0.39 is 0 Å². The molecule has 1 saturated carbocycles. The highest BCUT2D eigenvalue weighted by molar-refractivity contribution is 6.36. The van der Waals surface area contributed by atoms with Crippen molar-refractivity contribution in [3.63, 3.8) is 0 Å². The molecule has 1 atom stereocenters. The van der Waals surface area contributed by atoms with Crippen LogP contribution >= 0.6 is 23.2 Å². The van der Waals surface area contributed by atoms with Crippen LogP contribution in [0.1, 0.15) is 23.1 Å². The van der Waals surface area contributed by atoms with Crippen molar-refractivity contribution < 1.29 is 4.79 Å². The molecule has 3 aromatic rings. The maximum atomic E-state index is 12.8. The standard InChI is InChI=1S/C23H18Cl2N2O/c24-19-12-11-16(21(25)13-19)15-26-27-22(28)20-14-23(20,17-7-3-1-4-8-17)18-9-5-2-6-10-18/h1-13,15,20H,14H2,(H,27,28)/b26-15-/t20-/m1/s1. The second kappa shape index (κ2) is 7.78. The van der Waals surface area contributed by atoms with Crippen LogP contribution < -0.4 is 5.43 Å². The van der Waals surface area contributed by atoms with Crippen LogP contribution in [0.25, 0.3) is 0 Å². The average molecular weight is 409 g/mol. The zero-order valence-corrected chi connectivity index (χ0v) is 16.5. The van der Waals surface area contributed by atoms with Crippen LogP contribution in [-0.2, 0) is 10.2 Å². The van der Waals surface area contributed by atoms with Gasteiger partial charge in [0.15, 0.2) is 0 Å². The summed E-state index contributed by atoms with van der Waals surface area (Å²) >= 11 is 12.0. The zero-order valence-electron chi connectivity index (χ0n) is 15.0. The Bertz CT molecular complexity index is 980. The molecule has 0 aromatic heterocycles. The van der Waals surface area contributed by atoms with Crippen molar-refractivity contribution in [2.45, 2.75) is 11.8 Å². The monoisotopic (exact) mass is 408 g/mol. The van der Waals surface area contributed by atoms with Gasteiger partial charge in [0.2, 0.25) is 5.91 Å². The number of hydrogen-bond acceptors (Lipinski definition) is 2. The van der Waals surface area contributed by atoms with Crippen LogP contribution in [0.5, 0.6) is 0 Å². The van der Waals surface area contributed by atoms with Crippen molar-refractivity contribution in [2.75, 3.05) is 0 Å². The number of nitrogens with zero attached hydrogens (tertiary/aromatic N) is 1. The van der Waals surface area contributed by atoms with Crippen LogP contribution in [0, 0.1) is 5.92 Å². The Kier molecular flexibility index (Phi) is 5.21. The topological polar surface area (TPSA) is 41.5 Å². The second-order valence-electron chi connectivity index (χ2n) is 6.86. The molecule has 4 rings (SSSR count). The average Bonchev–Trinajstić information content (AvgIpc) is 3.48. The van der Waals surface area contributed by atoms with Crippen LogP contribution in [0.3, 0.4) is 0 Å². The molecule has 1 N–H and O–H groups in total. The summed E-state index contributed by atoms with van der Waals surface area (Å²) in [6, 6.07) is 25.5. The summed E-state index contributed by atoms with van der Waals surface area (Å²) in [6.45, 7) is 0. The van der Waals surface area contributed by atoms with Gasteiger partial charge in [-0.3, -0.25) is 4.79 Å². The van der Waals surface area contributed by atoms with E-state index in [2.05, 4.69) is 34.8 Å². The summed E-state index contributed by atoms with van der Waals surface area (Å²) in [4.78, 5) is 12.8. The van der Waals surface area contributed by atoms with Crippen molar-refractivity contribution in [1.29, 1.82) is 0 Å². The number of amides is 1. The number of nitrogens with one attached hydrogen (secondary N) is 1. The predicted molar refractivity (Wildman–Crippen MR) is 114 cm³/mol. The van der Waals surface area contributed by atoms with Gasteiger partial charge >= 0.3 is 0 Å². The van der Waals surface area contributed by atoms with Crippen LogP contribution in [0.15, 0.2) is 84.0 Å². The molecule has 0 saturated heterocycles. The number of carbonyl (C=O) groups is 1. The van der Waals surface area contributed by atoms with Crippen molar-refractivity contribution in [3.8, 4) is 0 Å². The maximum absolute atomic E-state index is 12.8. The number of halogens is 2. The highest BCUT2D eigenvalue weighted by Gasteiger charge is 2.60. The first-order chi connectivity index (χ1) is 13.6. The molecule has 1 amide bonds. The minimum atomic E-state index is -0.306. The number of rotatable bonds is 5.